The lowest BCUT2D eigenvalue weighted by atomic mass is 10.1. The lowest BCUT2D eigenvalue weighted by Gasteiger charge is -2.10. The number of thioether (sulfide) groups is 1. The third kappa shape index (κ3) is 3.49. The highest BCUT2D eigenvalue weighted by atomic mass is 32.2. The summed E-state index contributed by atoms with van der Waals surface area (Å²) in [5, 5.41) is 13.7. The minimum absolute atomic E-state index is 0.0796. The number of hydrogen-bond acceptors (Lipinski definition) is 4. The molecule has 0 radical (unpaired) electrons. The lowest BCUT2D eigenvalue weighted by Crippen LogP contribution is -2.35. The summed E-state index contributed by atoms with van der Waals surface area (Å²) in [6.45, 7) is 0.265. The number of carbonyl (C=O) groups excluding carboxylic acids is 1. The van der Waals surface area contributed by atoms with Crippen LogP contribution in [0.2, 0.25) is 0 Å². The van der Waals surface area contributed by atoms with Crippen molar-refractivity contribution in [1.82, 2.24) is 5.32 Å². The van der Waals surface area contributed by atoms with E-state index in [1.165, 1.54) is 4.88 Å². The van der Waals surface area contributed by atoms with Gasteiger partial charge in [-0.05, 0) is 24.3 Å². The summed E-state index contributed by atoms with van der Waals surface area (Å²) in [5.41, 5.74) is -0.673. The molecule has 0 unspecified atom stereocenters. The normalized spacial score (nSPS) is 16.2. The fourth-order valence-corrected chi connectivity index (χ4v) is 3.27. The van der Waals surface area contributed by atoms with Gasteiger partial charge in [0.25, 0.3) is 0 Å². The van der Waals surface area contributed by atoms with Crippen molar-refractivity contribution in [2.75, 3.05) is 12.3 Å². The molecule has 0 aliphatic heterocycles. The van der Waals surface area contributed by atoms with Crippen molar-refractivity contribution in [3.8, 4) is 0 Å². The molecule has 1 amide bonds. The molecule has 0 atom stereocenters. The summed E-state index contributed by atoms with van der Waals surface area (Å²) in [6, 6.07) is 4.03. The molecule has 18 heavy (non-hydrogen) atoms. The maximum absolute atomic E-state index is 11.5. The maximum Gasteiger partial charge on any atom is 0.311 e. The van der Waals surface area contributed by atoms with Crippen LogP contribution in [0.3, 0.4) is 0 Å². The molecule has 0 aromatic carbocycles. The van der Waals surface area contributed by atoms with Crippen LogP contribution in [0.4, 0.5) is 0 Å². The maximum atomic E-state index is 11.5. The molecule has 0 spiro atoms. The SMILES string of the molecule is O=C(CSCc1cccs1)NCC1(C(=O)O)CC1. The molecule has 1 aromatic heterocycles. The van der Waals surface area contributed by atoms with Crippen molar-refractivity contribution < 1.29 is 14.7 Å². The molecule has 2 rings (SSSR count). The molecule has 1 aromatic rings. The molecule has 98 valence electrons. The monoisotopic (exact) mass is 285 g/mol. The number of carboxylic acids is 1. The molecule has 4 nitrogen and oxygen atoms in total. The summed E-state index contributed by atoms with van der Waals surface area (Å²) in [4.78, 5) is 23.7. The zero-order valence-corrected chi connectivity index (χ0v) is 11.5. The highest BCUT2D eigenvalue weighted by Crippen LogP contribution is 2.45. The van der Waals surface area contributed by atoms with Gasteiger partial charge in [0.2, 0.25) is 5.91 Å². The number of carboxylic acid groups (broad SMARTS) is 1. The molecule has 0 bridgehead atoms. The van der Waals surface area contributed by atoms with E-state index >= 15 is 0 Å². The average molecular weight is 285 g/mol. The zero-order valence-electron chi connectivity index (χ0n) is 9.85. The molecule has 6 heteroatoms. The lowest BCUT2D eigenvalue weighted by molar-refractivity contribution is -0.143. The van der Waals surface area contributed by atoms with Crippen LogP contribution in [0.15, 0.2) is 17.5 Å². The van der Waals surface area contributed by atoms with Crippen molar-refractivity contribution in [3.05, 3.63) is 22.4 Å². The first-order valence-corrected chi connectivity index (χ1v) is 7.76. The topological polar surface area (TPSA) is 66.4 Å². The quantitative estimate of drug-likeness (QED) is 0.803. The molecular weight excluding hydrogens is 270 g/mol. The van der Waals surface area contributed by atoms with Gasteiger partial charge in [0.05, 0.1) is 11.2 Å². The van der Waals surface area contributed by atoms with Crippen LogP contribution >= 0.6 is 23.1 Å². The number of rotatable bonds is 7. The molecule has 1 aliphatic rings. The molecule has 1 heterocycles. The van der Waals surface area contributed by atoms with Gasteiger partial charge in [-0.2, -0.15) is 0 Å². The van der Waals surface area contributed by atoms with E-state index in [2.05, 4.69) is 5.32 Å². The van der Waals surface area contributed by atoms with Crippen LogP contribution in [-0.2, 0) is 15.3 Å². The van der Waals surface area contributed by atoms with Crippen LogP contribution in [0.5, 0.6) is 0 Å². The van der Waals surface area contributed by atoms with Gasteiger partial charge in [-0.3, -0.25) is 9.59 Å². The second-order valence-corrected chi connectivity index (χ2v) is 6.45. The van der Waals surface area contributed by atoms with Gasteiger partial charge < -0.3 is 10.4 Å². The fourth-order valence-electron chi connectivity index (χ4n) is 1.57. The van der Waals surface area contributed by atoms with Crippen molar-refractivity contribution in [2.45, 2.75) is 18.6 Å². The van der Waals surface area contributed by atoms with Gasteiger partial charge >= 0.3 is 5.97 Å². The van der Waals surface area contributed by atoms with Crippen molar-refractivity contribution >= 4 is 35.0 Å². The standard InChI is InChI=1S/C12H15NO3S2/c14-10(7-17-6-9-2-1-5-18-9)13-8-12(3-4-12)11(15)16/h1-2,5H,3-4,6-8H2,(H,13,14)(H,15,16). The van der Waals surface area contributed by atoms with Crippen molar-refractivity contribution in [1.29, 1.82) is 0 Å². The average Bonchev–Trinajstić information content (AvgIpc) is 2.97. The molecule has 0 saturated heterocycles. The van der Waals surface area contributed by atoms with E-state index in [0.29, 0.717) is 18.6 Å². The molecule has 1 fully saturated rings. The summed E-state index contributed by atoms with van der Waals surface area (Å²) < 4.78 is 0. The van der Waals surface area contributed by atoms with E-state index in [0.717, 1.165) is 5.75 Å². The van der Waals surface area contributed by atoms with Gasteiger partial charge in [-0.15, -0.1) is 23.1 Å². The Balaban J connectivity index is 1.62. The summed E-state index contributed by atoms with van der Waals surface area (Å²) in [6.07, 6.45) is 1.34. The predicted octanol–water partition coefficient (Wildman–Crippen LogP) is 1.96. The number of nitrogens with one attached hydrogen (secondary N) is 1. The number of thiophene rings is 1. The Hall–Kier alpha value is -1.01. The number of aliphatic carboxylic acids is 1. The highest BCUT2D eigenvalue weighted by Gasteiger charge is 2.50. The van der Waals surface area contributed by atoms with Crippen LogP contribution in [0.1, 0.15) is 17.7 Å². The summed E-state index contributed by atoms with van der Waals surface area (Å²) in [7, 11) is 0. The Morgan fingerprint density at radius 3 is 2.83 bits per heavy atom. The van der Waals surface area contributed by atoms with E-state index in [1.807, 2.05) is 17.5 Å². The molecule has 2 N–H and O–H groups in total. The third-order valence-corrected chi connectivity index (χ3v) is 5.03. The molecule has 1 aliphatic carbocycles. The Labute approximate surface area is 114 Å². The number of amides is 1. The first kappa shape index (κ1) is 13.4. The van der Waals surface area contributed by atoms with E-state index in [-0.39, 0.29) is 12.5 Å². The Morgan fingerprint density at radius 1 is 1.50 bits per heavy atom. The first-order chi connectivity index (χ1) is 8.62. The minimum Gasteiger partial charge on any atom is -0.481 e. The first-order valence-electron chi connectivity index (χ1n) is 5.73. The second kappa shape index (κ2) is 5.75. The van der Waals surface area contributed by atoms with E-state index < -0.39 is 11.4 Å². The molecule has 1 saturated carbocycles. The van der Waals surface area contributed by atoms with Crippen molar-refractivity contribution in [2.24, 2.45) is 5.41 Å². The van der Waals surface area contributed by atoms with Crippen molar-refractivity contribution in [3.63, 3.8) is 0 Å². The van der Waals surface area contributed by atoms with Gasteiger partial charge in [-0.1, -0.05) is 6.07 Å². The van der Waals surface area contributed by atoms with E-state index in [1.54, 1.807) is 23.1 Å². The third-order valence-electron chi connectivity index (χ3n) is 2.99. The van der Waals surface area contributed by atoms with Gasteiger partial charge in [0.15, 0.2) is 0 Å². The Morgan fingerprint density at radius 2 is 2.28 bits per heavy atom. The van der Waals surface area contributed by atoms with Gasteiger partial charge in [0.1, 0.15) is 0 Å². The highest BCUT2D eigenvalue weighted by molar-refractivity contribution is 7.99. The predicted molar refractivity (Wildman–Crippen MR) is 72.8 cm³/mol. The minimum atomic E-state index is -0.797. The Bertz CT molecular complexity index is 427. The molecular formula is C12H15NO3S2. The van der Waals surface area contributed by atoms with Crippen LogP contribution in [0, 0.1) is 5.41 Å². The van der Waals surface area contributed by atoms with E-state index in [9.17, 15) is 9.59 Å². The van der Waals surface area contributed by atoms with Crippen LogP contribution < -0.4 is 5.32 Å². The smallest absolute Gasteiger partial charge is 0.311 e. The number of carbonyl (C=O) groups is 2. The largest absolute Gasteiger partial charge is 0.481 e. The fraction of sp³-hybridized carbons (Fsp3) is 0.500. The zero-order chi connectivity index (χ0) is 13.0. The Kier molecular flexibility index (Phi) is 4.29. The van der Waals surface area contributed by atoms with Crippen LogP contribution in [0.25, 0.3) is 0 Å². The number of hydrogen-bond donors (Lipinski definition) is 2. The van der Waals surface area contributed by atoms with Crippen LogP contribution in [-0.4, -0.2) is 29.3 Å². The summed E-state index contributed by atoms with van der Waals surface area (Å²) >= 11 is 3.23. The van der Waals surface area contributed by atoms with Gasteiger partial charge in [-0.25, -0.2) is 0 Å². The van der Waals surface area contributed by atoms with Gasteiger partial charge in [0, 0.05) is 17.2 Å². The summed E-state index contributed by atoms with van der Waals surface area (Å²) in [5.74, 6) is 0.334. The van der Waals surface area contributed by atoms with E-state index in [4.69, 9.17) is 5.11 Å². The second-order valence-electron chi connectivity index (χ2n) is 4.43.